The highest BCUT2D eigenvalue weighted by molar-refractivity contribution is 5.78. The van der Waals surface area contributed by atoms with Gasteiger partial charge in [0.05, 0.1) is 0 Å². The number of hydrogen-bond acceptors (Lipinski definition) is 2. The van der Waals surface area contributed by atoms with Crippen LogP contribution in [0.25, 0.3) is 0 Å². The summed E-state index contributed by atoms with van der Waals surface area (Å²) in [5, 5.41) is 3.10. The van der Waals surface area contributed by atoms with Crippen molar-refractivity contribution in [2.75, 3.05) is 7.05 Å². The lowest BCUT2D eigenvalue weighted by Gasteiger charge is -2.27. The van der Waals surface area contributed by atoms with Crippen molar-refractivity contribution in [1.29, 1.82) is 0 Å². The zero-order valence-electron chi connectivity index (χ0n) is 8.49. The second-order valence-electron chi connectivity index (χ2n) is 3.70. The monoisotopic (exact) mass is 198 g/mol. The number of guanidine groups is 1. The molecule has 0 aromatic carbocycles. The van der Waals surface area contributed by atoms with E-state index in [4.69, 9.17) is 11.5 Å². The first-order chi connectivity index (χ1) is 6.63. The van der Waals surface area contributed by atoms with Crippen LogP contribution in [0.5, 0.6) is 0 Å². The summed E-state index contributed by atoms with van der Waals surface area (Å²) in [6, 6.07) is 0.342. The minimum Gasteiger partial charge on any atom is -0.370 e. The van der Waals surface area contributed by atoms with Crippen LogP contribution in [-0.4, -0.2) is 25.0 Å². The third-order valence-electron chi connectivity index (χ3n) is 2.72. The van der Waals surface area contributed by atoms with Crippen LogP contribution in [0, 0.1) is 5.92 Å². The van der Waals surface area contributed by atoms with Gasteiger partial charge in [0.1, 0.15) is 0 Å². The number of nitrogens with one attached hydrogen (secondary N) is 1. The van der Waals surface area contributed by atoms with Gasteiger partial charge >= 0.3 is 0 Å². The summed E-state index contributed by atoms with van der Waals surface area (Å²) in [5.74, 6) is 0.334. The fourth-order valence-corrected chi connectivity index (χ4v) is 1.80. The molecule has 0 radical (unpaired) electrons. The number of carbonyl (C=O) groups is 1. The van der Waals surface area contributed by atoms with E-state index in [2.05, 4.69) is 10.3 Å². The summed E-state index contributed by atoms with van der Waals surface area (Å²) in [6.07, 6.45) is 3.57. The molecule has 0 spiro atoms. The molecule has 1 aliphatic carbocycles. The van der Waals surface area contributed by atoms with Gasteiger partial charge in [0, 0.05) is 19.0 Å². The summed E-state index contributed by atoms with van der Waals surface area (Å²) in [6.45, 7) is 0. The number of primary amides is 1. The Morgan fingerprint density at radius 2 is 1.86 bits per heavy atom. The van der Waals surface area contributed by atoms with Crippen molar-refractivity contribution in [1.82, 2.24) is 5.32 Å². The number of hydrogen-bond donors (Lipinski definition) is 3. The molecule has 0 aliphatic heterocycles. The molecular weight excluding hydrogens is 180 g/mol. The summed E-state index contributed by atoms with van der Waals surface area (Å²) in [5.41, 5.74) is 10.8. The average molecular weight is 198 g/mol. The van der Waals surface area contributed by atoms with Crippen molar-refractivity contribution < 1.29 is 4.79 Å². The van der Waals surface area contributed by atoms with E-state index in [0.717, 1.165) is 25.7 Å². The Labute approximate surface area is 83.9 Å². The van der Waals surface area contributed by atoms with Crippen LogP contribution in [0.2, 0.25) is 0 Å². The molecule has 5 nitrogen and oxygen atoms in total. The second-order valence-corrected chi connectivity index (χ2v) is 3.70. The maximum atomic E-state index is 10.9. The predicted octanol–water partition coefficient (Wildman–Crippen LogP) is -0.435. The normalized spacial score (nSPS) is 28.5. The minimum absolute atomic E-state index is 0.0489. The SMILES string of the molecule is CN=C(N)NC1CCC(C(N)=O)CC1. The summed E-state index contributed by atoms with van der Waals surface area (Å²) in [4.78, 5) is 14.7. The van der Waals surface area contributed by atoms with Gasteiger partial charge in [0.15, 0.2) is 5.96 Å². The van der Waals surface area contributed by atoms with Crippen LogP contribution in [0.1, 0.15) is 25.7 Å². The molecule has 14 heavy (non-hydrogen) atoms. The zero-order valence-corrected chi connectivity index (χ0v) is 8.49. The van der Waals surface area contributed by atoms with Gasteiger partial charge in [-0.3, -0.25) is 9.79 Å². The molecule has 1 saturated carbocycles. The molecule has 1 fully saturated rings. The van der Waals surface area contributed by atoms with Crippen molar-refractivity contribution in [3.05, 3.63) is 0 Å². The standard InChI is InChI=1S/C9H18N4O/c1-12-9(11)13-7-4-2-6(3-5-7)8(10)14/h6-7H,2-5H2,1H3,(H2,10,14)(H3,11,12,13). The number of rotatable bonds is 2. The molecular formula is C9H18N4O. The highest BCUT2D eigenvalue weighted by Crippen LogP contribution is 2.23. The van der Waals surface area contributed by atoms with Gasteiger partial charge in [-0.25, -0.2) is 0 Å². The third-order valence-corrected chi connectivity index (χ3v) is 2.72. The molecule has 80 valence electrons. The topological polar surface area (TPSA) is 93.5 Å². The van der Waals surface area contributed by atoms with Crippen molar-refractivity contribution in [2.24, 2.45) is 22.4 Å². The lowest BCUT2D eigenvalue weighted by molar-refractivity contribution is -0.122. The zero-order chi connectivity index (χ0) is 10.6. The van der Waals surface area contributed by atoms with Gasteiger partial charge in [-0.2, -0.15) is 0 Å². The number of amides is 1. The number of nitrogens with two attached hydrogens (primary N) is 2. The van der Waals surface area contributed by atoms with Crippen LogP contribution in [-0.2, 0) is 4.79 Å². The van der Waals surface area contributed by atoms with E-state index in [1.54, 1.807) is 7.05 Å². The molecule has 1 amide bonds. The first-order valence-electron chi connectivity index (χ1n) is 4.91. The fraction of sp³-hybridized carbons (Fsp3) is 0.778. The van der Waals surface area contributed by atoms with Crippen LogP contribution < -0.4 is 16.8 Å². The Hall–Kier alpha value is -1.26. The third kappa shape index (κ3) is 2.90. The van der Waals surface area contributed by atoms with Crippen molar-refractivity contribution >= 4 is 11.9 Å². The number of nitrogens with zero attached hydrogens (tertiary/aromatic N) is 1. The summed E-state index contributed by atoms with van der Waals surface area (Å²) < 4.78 is 0. The van der Waals surface area contributed by atoms with Gasteiger partial charge in [-0.15, -0.1) is 0 Å². The lowest BCUT2D eigenvalue weighted by Crippen LogP contribution is -2.43. The Bertz CT molecular complexity index is 231. The Morgan fingerprint density at radius 1 is 1.29 bits per heavy atom. The molecule has 0 bridgehead atoms. The summed E-state index contributed by atoms with van der Waals surface area (Å²) in [7, 11) is 1.65. The van der Waals surface area contributed by atoms with Crippen molar-refractivity contribution in [3.8, 4) is 0 Å². The first-order valence-corrected chi connectivity index (χ1v) is 4.91. The Kier molecular flexibility index (Phi) is 3.73. The van der Waals surface area contributed by atoms with E-state index >= 15 is 0 Å². The molecule has 1 rings (SSSR count). The van der Waals surface area contributed by atoms with E-state index in [1.807, 2.05) is 0 Å². The predicted molar refractivity (Wildman–Crippen MR) is 55.6 cm³/mol. The van der Waals surface area contributed by atoms with Crippen molar-refractivity contribution in [3.63, 3.8) is 0 Å². The van der Waals surface area contributed by atoms with Crippen LogP contribution in [0.3, 0.4) is 0 Å². The quantitative estimate of drug-likeness (QED) is 0.415. The van der Waals surface area contributed by atoms with E-state index in [0.29, 0.717) is 12.0 Å². The van der Waals surface area contributed by atoms with Gasteiger partial charge in [-0.1, -0.05) is 0 Å². The second kappa shape index (κ2) is 4.83. The number of carbonyl (C=O) groups excluding carboxylic acids is 1. The molecule has 0 heterocycles. The van der Waals surface area contributed by atoms with E-state index in [1.165, 1.54) is 0 Å². The van der Waals surface area contributed by atoms with Gasteiger partial charge in [0.2, 0.25) is 5.91 Å². The molecule has 0 saturated heterocycles. The van der Waals surface area contributed by atoms with Gasteiger partial charge in [0.25, 0.3) is 0 Å². The molecule has 1 aliphatic rings. The highest BCUT2D eigenvalue weighted by Gasteiger charge is 2.24. The van der Waals surface area contributed by atoms with E-state index in [-0.39, 0.29) is 11.8 Å². The number of aliphatic imine (C=N–C) groups is 1. The first kappa shape index (κ1) is 10.8. The maximum Gasteiger partial charge on any atom is 0.220 e. The molecule has 0 unspecified atom stereocenters. The van der Waals surface area contributed by atoms with Crippen LogP contribution >= 0.6 is 0 Å². The smallest absolute Gasteiger partial charge is 0.220 e. The molecule has 5 N–H and O–H groups in total. The molecule has 0 aromatic heterocycles. The largest absolute Gasteiger partial charge is 0.370 e. The van der Waals surface area contributed by atoms with Crippen LogP contribution in [0.15, 0.2) is 4.99 Å². The lowest BCUT2D eigenvalue weighted by atomic mass is 9.86. The minimum atomic E-state index is -0.180. The van der Waals surface area contributed by atoms with Gasteiger partial charge < -0.3 is 16.8 Å². The van der Waals surface area contributed by atoms with Gasteiger partial charge in [-0.05, 0) is 25.7 Å². The van der Waals surface area contributed by atoms with Crippen LogP contribution in [0.4, 0.5) is 0 Å². The summed E-state index contributed by atoms with van der Waals surface area (Å²) >= 11 is 0. The van der Waals surface area contributed by atoms with E-state index < -0.39 is 0 Å². The molecule has 0 atom stereocenters. The average Bonchev–Trinajstić information content (AvgIpc) is 2.18. The Balaban J connectivity index is 2.32. The molecule has 5 heteroatoms. The Morgan fingerprint density at radius 3 is 2.29 bits per heavy atom. The highest BCUT2D eigenvalue weighted by atomic mass is 16.1. The van der Waals surface area contributed by atoms with E-state index in [9.17, 15) is 4.79 Å². The maximum absolute atomic E-state index is 10.9. The fourth-order valence-electron chi connectivity index (χ4n) is 1.80. The molecule has 0 aromatic rings. The van der Waals surface area contributed by atoms with Crippen molar-refractivity contribution in [2.45, 2.75) is 31.7 Å².